The van der Waals surface area contributed by atoms with Crippen LogP contribution in [-0.4, -0.2) is 35.1 Å². The lowest BCUT2D eigenvalue weighted by atomic mass is 10.3. The number of nitrogens with zero attached hydrogens (tertiary/aromatic N) is 1. The maximum Gasteiger partial charge on any atom is 0.500 e. The van der Waals surface area contributed by atoms with E-state index in [0.717, 1.165) is 25.4 Å². The summed E-state index contributed by atoms with van der Waals surface area (Å²) in [7, 11) is 2.56. The molecular weight excluding hydrogens is 272 g/mol. The quantitative estimate of drug-likeness (QED) is 0.452. The highest BCUT2D eigenvalue weighted by Gasteiger charge is 2.37. The topological polar surface area (TPSA) is 47.4 Å². The van der Waals surface area contributed by atoms with Gasteiger partial charge in [0.25, 0.3) is 5.82 Å². The summed E-state index contributed by atoms with van der Waals surface area (Å²) in [5.41, 5.74) is 0. The highest BCUT2D eigenvalue weighted by atomic mass is 35.5. The Bertz CT molecular complexity index is 324. The van der Waals surface area contributed by atoms with Gasteiger partial charge in [-0.3, -0.25) is 0 Å². The SMILES string of the molecule is CC[n+]1cc[nH]c1CCC[Si](OC)(OC)OC.[Cl-]. The normalized spacial score (nSPS) is 11.3. The molecule has 7 heteroatoms. The van der Waals surface area contributed by atoms with Gasteiger partial charge in [-0.05, 0) is 13.3 Å². The fourth-order valence-electron chi connectivity index (χ4n) is 1.94. The molecule has 0 aromatic carbocycles. The Morgan fingerprint density at radius 2 is 1.83 bits per heavy atom. The maximum absolute atomic E-state index is 5.39. The van der Waals surface area contributed by atoms with Gasteiger partial charge in [0, 0.05) is 33.8 Å². The highest BCUT2D eigenvalue weighted by molar-refractivity contribution is 6.60. The van der Waals surface area contributed by atoms with Crippen molar-refractivity contribution in [2.75, 3.05) is 21.3 Å². The minimum atomic E-state index is -2.40. The van der Waals surface area contributed by atoms with E-state index in [9.17, 15) is 0 Å². The summed E-state index contributed by atoms with van der Waals surface area (Å²) in [4.78, 5) is 3.25. The molecule has 0 aliphatic heterocycles. The summed E-state index contributed by atoms with van der Waals surface area (Å²) in [6.45, 7) is 3.12. The number of nitrogens with one attached hydrogen (secondary N) is 1. The van der Waals surface area contributed by atoms with E-state index in [-0.39, 0.29) is 12.4 Å². The van der Waals surface area contributed by atoms with Crippen LogP contribution in [-0.2, 0) is 26.2 Å². The van der Waals surface area contributed by atoms with E-state index < -0.39 is 8.80 Å². The summed E-state index contributed by atoms with van der Waals surface area (Å²) in [6.07, 6.45) is 5.99. The van der Waals surface area contributed by atoms with E-state index in [1.54, 1.807) is 21.3 Å². The van der Waals surface area contributed by atoms with Crippen LogP contribution < -0.4 is 17.0 Å². The van der Waals surface area contributed by atoms with E-state index in [1.165, 1.54) is 5.82 Å². The highest BCUT2D eigenvalue weighted by Crippen LogP contribution is 2.16. The van der Waals surface area contributed by atoms with Crippen LogP contribution in [0.2, 0.25) is 6.04 Å². The van der Waals surface area contributed by atoms with E-state index in [1.807, 2.05) is 6.20 Å². The van der Waals surface area contributed by atoms with Gasteiger partial charge in [-0.1, -0.05) is 0 Å². The molecule has 1 heterocycles. The van der Waals surface area contributed by atoms with Gasteiger partial charge in [-0.15, -0.1) is 0 Å². The van der Waals surface area contributed by atoms with Crippen LogP contribution in [0.1, 0.15) is 19.2 Å². The van der Waals surface area contributed by atoms with E-state index in [0.29, 0.717) is 0 Å². The number of rotatable bonds is 8. The number of aromatic amines is 1. The monoisotopic (exact) mass is 294 g/mol. The number of hydrogen-bond acceptors (Lipinski definition) is 3. The Morgan fingerprint density at radius 3 is 2.33 bits per heavy atom. The molecule has 0 aliphatic rings. The molecule has 18 heavy (non-hydrogen) atoms. The van der Waals surface area contributed by atoms with Gasteiger partial charge in [0.05, 0.1) is 6.54 Å². The van der Waals surface area contributed by atoms with Crippen molar-refractivity contribution in [1.29, 1.82) is 0 Å². The van der Waals surface area contributed by atoms with Crippen molar-refractivity contribution in [3.05, 3.63) is 18.2 Å². The van der Waals surface area contributed by atoms with E-state index >= 15 is 0 Å². The minimum absolute atomic E-state index is 0. The summed E-state index contributed by atoms with van der Waals surface area (Å²) >= 11 is 0. The fourth-order valence-corrected chi connectivity index (χ4v) is 3.66. The van der Waals surface area contributed by atoms with Crippen molar-refractivity contribution in [3.8, 4) is 0 Å². The molecule has 0 aliphatic carbocycles. The summed E-state index contributed by atoms with van der Waals surface area (Å²) in [5, 5.41) is 0. The van der Waals surface area contributed by atoms with Crippen molar-refractivity contribution in [1.82, 2.24) is 4.98 Å². The lowest BCUT2D eigenvalue weighted by Gasteiger charge is -2.23. The first-order valence-corrected chi connectivity index (χ1v) is 7.85. The van der Waals surface area contributed by atoms with Gasteiger partial charge in [-0.2, -0.15) is 0 Å². The first-order valence-electron chi connectivity index (χ1n) is 5.92. The average Bonchev–Trinajstić information content (AvgIpc) is 2.83. The predicted octanol–water partition coefficient (Wildman–Crippen LogP) is -1.86. The third kappa shape index (κ3) is 4.36. The summed E-state index contributed by atoms with van der Waals surface area (Å²) in [5.74, 6) is 1.23. The van der Waals surface area contributed by atoms with Crippen molar-refractivity contribution < 1.29 is 30.3 Å². The second-order valence-corrected chi connectivity index (χ2v) is 6.93. The fraction of sp³-hybridized carbons (Fsp3) is 0.727. The molecule has 1 aromatic heterocycles. The number of halogens is 1. The Morgan fingerprint density at radius 1 is 1.22 bits per heavy atom. The summed E-state index contributed by atoms with van der Waals surface area (Å²) in [6, 6.07) is 0.833. The second kappa shape index (κ2) is 8.66. The Hall–Kier alpha value is -0.403. The standard InChI is InChI=1S/C11H22N2O3Si.ClH/c1-5-13-9-8-12-11(13)7-6-10-17(14-2,15-3)16-4;/h8-9H,5-7,10H2,1-4H3;1H. The molecule has 1 rings (SSSR count). The molecule has 0 radical (unpaired) electrons. The second-order valence-electron chi connectivity index (χ2n) is 3.84. The molecule has 106 valence electrons. The molecule has 5 nitrogen and oxygen atoms in total. The summed E-state index contributed by atoms with van der Waals surface area (Å²) < 4.78 is 18.4. The van der Waals surface area contributed by atoms with Crippen LogP contribution >= 0.6 is 0 Å². The minimum Gasteiger partial charge on any atom is -1.00 e. The zero-order valence-electron chi connectivity index (χ0n) is 11.5. The van der Waals surface area contributed by atoms with Crippen LogP contribution in [0.15, 0.2) is 12.4 Å². The number of H-pyrrole nitrogens is 1. The van der Waals surface area contributed by atoms with Gasteiger partial charge < -0.3 is 25.7 Å². The Labute approximate surface area is 116 Å². The maximum atomic E-state index is 5.39. The lowest BCUT2D eigenvalue weighted by Crippen LogP contribution is -3.00. The van der Waals surface area contributed by atoms with Crippen molar-refractivity contribution in [2.24, 2.45) is 0 Å². The Kier molecular flexibility index (Phi) is 8.46. The third-order valence-electron chi connectivity index (χ3n) is 3.02. The van der Waals surface area contributed by atoms with Crippen LogP contribution in [0.5, 0.6) is 0 Å². The van der Waals surface area contributed by atoms with Crippen LogP contribution in [0, 0.1) is 0 Å². The smallest absolute Gasteiger partial charge is 0.500 e. The van der Waals surface area contributed by atoms with Crippen molar-refractivity contribution in [3.63, 3.8) is 0 Å². The number of aromatic nitrogens is 2. The molecule has 0 amide bonds. The third-order valence-corrected chi connectivity index (χ3v) is 5.85. The Balaban J connectivity index is 0.00000289. The molecule has 0 saturated carbocycles. The van der Waals surface area contributed by atoms with Crippen LogP contribution in [0.3, 0.4) is 0 Å². The molecular formula is C11H23ClN2O3Si. The van der Waals surface area contributed by atoms with E-state index in [2.05, 4.69) is 22.7 Å². The van der Waals surface area contributed by atoms with E-state index in [4.69, 9.17) is 13.3 Å². The molecule has 1 N–H and O–H groups in total. The number of aryl methyl sites for hydroxylation is 2. The van der Waals surface area contributed by atoms with Gasteiger partial charge >= 0.3 is 8.80 Å². The first kappa shape index (κ1) is 17.6. The number of hydrogen-bond donors (Lipinski definition) is 1. The van der Waals surface area contributed by atoms with Crippen LogP contribution in [0.4, 0.5) is 0 Å². The van der Waals surface area contributed by atoms with Crippen molar-refractivity contribution >= 4 is 8.80 Å². The van der Waals surface area contributed by atoms with Gasteiger partial charge in [0.2, 0.25) is 0 Å². The van der Waals surface area contributed by atoms with Gasteiger partial charge in [-0.25, -0.2) is 9.55 Å². The lowest BCUT2D eigenvalue weighted by molar-refractivity contribution is -0.699. The molecule has 0 atom stereocenters. The largest absolute Gasteiger partial charge is 1.00 e. The molecule has 0 bridgehead atoms. The zero-order chi connectivity index (χ0) is 12.7. The molecule has 1 aromatic rings. The first-order chi connectivity index (χ1) is 8.21. The van der Waals surface area contributed by atoms with Crippen molar-refractivity contribution in [2.45, 2.75) is 32.4 Å². The van der Waals surface area contributed by atoms with Crippen LogP contribution in [0.25, 0.3) is 0 Å². The van der Waals surface area contributed by atoms with Gasteiger partial charge in [0.15, 0.2) is 0 Å². The molecule has 0 spiro atoms. The molecule has 0 saturated heterocycles. The average molecular weight is 295 g/mol. The van der Waals surface area contributed by atoms with Gasteiger partial charge in [0.1, 0.15) is 12.4 Å². The predicted molar refractivity (Wildman–Crippen MR) is 66.6 cm³/mol. The molecule has 0 unspecified atom stereocenters. The zero-order valence-corrected chi connectivity index (χ0v) is 13.3. The molecule has 0 fully saturated rings. The number of imidazole rings is 1.